The lowest BCUT2D eigenvalue weighted by atomic mass is 10.1. The molecule has 0 spiro atoms. The molecule has 0 saturated heterocycles. The summed E-state index contributed by atoms with van der Waals surface area (Å²) in [5, 5.41) is 9.42. The zero-order valence-electron chi connectivity index (χ0n) is 18.4. The second kappa shape index (κ2) is 16.3. The highest BCUT2D eigenvalue weighted by atomic mass is 35.5. The van der Waals surface area contributed by atoms with E-state index in [1.165, 1.54) is 14.0 Å². The lowest BCUT2D eigenvalue weighted by Crippen LogP contribution is -2.27. The molecule has 0 saturated carbocycles. The molecule has 0 fully saturated rings. The summed E-state index contributed by atoms with van der Waals surface area (Å²) in [5.74, 6) is -0.255. The highest BCUT2D eigenvalue weighted by molar-refractivity contribution is 6.30. The molecule has 0 bridgehead atoms. The lowest BCUT2D eigenvalue weighted by molar-refractivity contribution is -0.138. The second-order valence-corrected chi connectivity index (χ2v) is 6.58. The maximum Gasteiger partial charge on any atom is 0.317 e. The Bertz CT molecular complexity index is 750. The Hall–Kier alpha value is -2.57. The molecule has 0 heterocycles. The summed E-state index contributed by atoms with van der Waals surface area (Å²) in [6.07, 6.45) is 0.804. The molecule has 0 unspecified atom stereocenters. The number of likely N-dealkylation sites (N-methyl/N-ethyl adjacent to an activating group) is 1. The van der Waals surface area contributed by atoms with Gasteiger partial charge in [0.2, 0.25) is 0 Å². The Kier molecular flexibility index (Phi) is 14.9. The van der Waals surface area contributed by atoms with Crippen LogP contribution in [-0.2, 0) is 27.4 Å². The van der Waals surface area contributed by atoms with E-state index in [-0.39, 0.29) is 12.5 Å². The van der Waals surface area contributed by atoms with Crippen LogP contribution in [0.2, 0.25) is 5.02 Å². The monoisotopic (exact) mass is 437 g/mol. The summed E-state index contributed by atoms with van der Waals surface area (Å²) < 4.78 is 9.84. The van der Waals surface area contributed by atoms with Crippen molar-refractivity contribution in [1.82, 2.24) is 4.90 Å². The van der Waals surface area contributed by atoms with E-state index in [9.17, 15) is 9.59 Å². The molecule has 166 valence electrons. The normalized spacial score (nSPS) is 9.57. The number of ether oxygens (including phenoxy) is 2. The van der Waals surface area contributed by atoms with Crippen LogP contribution in [0, 0.1) is 0 Å². The van der Waals surface area contributed by atoms with Crippen LogP contribution >= 0.6 is 11.6 Å². The van der Waals surface area contributed by atoms with Gasteiger partial charge in [-0.3, -0.25) is 14.5 Å². The third kappa shape index (κ3) is 13.6. The minimum absolute atomic E-state index is 0.0564. The van der Waals surface area contributed by atoms with Gasteiger partial charge in [-0.1, -0.05) is 49.7 Å². The molecule has 1 N–H and O–H groups in total. The molecule has 0 radical (unpaired) electrons. The molecule has 2 aromatic carbocycles. The number of carbonyl (C=O) groups is 2. The smallest absolute Gasteiger partial charge is 0.317 e. The number of carboxylic acids is 1. The predicted octanol–water partition coefficient (Wildman–Crippen LogP) is 4.68. The van der Waals surface area contributed by atoms with Crippen LogP contribution in [0.3, 0.4) is 0 Å². The van der Waals surface area contributed by atoms with Crippen molar-refractivity contribution in [1.29, 1.82) is 0 Å². The predicted molar refractivity (Wildman–Crippen MR) is 120 cm³/mol. The van der Waals surface area contributed by atoms with Crippen molar-refractivity contribution in [2.45, 2.75) is 33.8 Å². The maximum absolute atomic E-state index is 10.6. The fraction of sp³-hybridized carbons (Fsp3) is 0.391. The fourth-order valence-corrected chi connectivity index (χ4v) is 2.39. The van der Waals surface area contributed by atoms with Gasteiger partial charge in [0.05, 0.1) is 13.7 Å². The number of halogens is 1. The van der Waals surface area contributed by atoms with Gasteiger partial charge in [-0.2, -0.15) is 0 Å². The number of esters is 1. The molecule has 0 amide bonds. The van der Waals surface area contributed by atoms with E-state index in [1.54, 1.807) is 11.9 Å². The fourth-order valence-electron chi connectivity index (χ4n) is 2.18. The summed E-state index contributed by atoms with van der Waals surface area (Å²) in [5.41, 5.74) is 2.18. The second-order valence-electron chi connectivity index (χ2n) is 6.14. The molecule has 2 aromatic rings. The van der Waals surface area contributed by atoms with Crippen molar-refractivity contribution < 1.29 is 24.2 Å². The molecule has 0 aliphatic carbocycles. The van der Waals surface area contributed by atoms with Crippen LogP contribution in [0.4, 0.5) is 0 Å². The minimum Gasteiger partial charge on any atom is -0.489 e. The van der Waals surface area contributed by atoms with Crippen molar-refractivity contribution in [2.75, 3.05) is 27.2 Å². The van der Waals surface area contributed by atoms with E-state index in [4.69, 9.17) is 21.4 Å². The third-order valence-electron chi connectivity index (χ3n) is 3.69. The first-order chi connectivity index (χ1) is 14.3. The maximum atomic E-state index is 10.6. The first kappa shape index (κ1) is 27.4. The average molecular weight is 438 g/mol. The third-order valence-corrected chi connectivity index (χ3v) is 3.93. The summed E-state index contributed by atoms with van der Waals surface area (Å²) >= 11 is 5.94. The number of nitrogens with zero attached hydrogens (tertiary/aromatic N) is 1. The molecule has 0 aliphatic heterocycles. The van der Waals surface area contributed by atoms with Crippen LogP contribution in [0.25, 0.3) is 0 Å². The van der Waals surface area contributed by atoms with E-state index in [0.717, 1.165) is 23.3 Å². The van der Waals surface area contributed by atoms with Gasteiger partial charge in [0.25, 0.3) is 0 Å². The number of carbonyl (C=O) groups excluding carboxylic acids is 1. The van der Waals surface area contributed by atoms with E-state index in [0.29, 0.717) is 18.2 Å². The van der Waals surface area contributed by atoms with Crippen molar-refractivity contribution in [3.8, 4) is 5.75 Å². The SMILES string of the molecule is CC.CN(CCc1ccc(OCc2cccc(Cl)c2)cc1)CC(=O)O.COC(C)=O. The summed E-state index contributed by atoms with van der Waals surface area (Å²) in [6.45, 7) is 6.59. The molecular weight excluding hydrogens is 406 g/mol. The van der Waals surface area contributed by atoms with Crippen molar-refractivity contribution in [3.05, 3.63) is 64.7 Å². The Morgan fingerprint density at radius 3 is 2.17 bits per heavy atom. The topological polar surface area (TPSA) is 76.1 Å². The van der Waals surface area contributed by atoms with Gasteiger partial charge in [0.1, 0.15) is 12.4 Å². The zero-order valence-corrected chi connectivity index (χ0v) is 19.1. The number of aliphatic carboxylic acids is 1. The summed E-state index contributed by atoms with van der Waals surface area (Å²) in [4.78, 5) is 22.0. The van der Waals surface area contributed by atoms with Crippen molar-refractivity contribution in [2.24, 2.45) is 0 Å². The molecule has 0 atom stereocenters. The molecule has 6 nitrogen and oxygen atoms in total. The standard InChI is InChI=1S/C18H20ClNO3.C3H6O2.C2H6/c1-20(12-18(21)22)10-9-14-5-7-17(8-6-14)23-13-15-3-2-4-16(19)11-15;1-3(4)5-2;1-2/h2-8,11H,9-10,12-13H2,1H3,(H,21,22);1-2H3;1-2H3. The first-order valence-corrected chi connectivity index (χ1v) is 10.1. The van der Waals surface area contributed by atoms with Crippen LogP contribution in [0.15, 0.2) is 48.5 Å². The highest BCUT2D eigenvalue weighted by Crippen LogP contribution is 2.16. The molecule has 30 heavy (non-hydrogen) atoms. The zero-order chi connectivity index (χ0) is 22.9. The van der Waals surface area contributed by atoms with Crippen molar-refractivity contribution >= 4 is 23.5 Å². The summed E-state index contributed by atoms with van der Waals surface area (Å²) in [6, 6.07) is 15.4. The van der Waals surface area contributed by atoms with E-state index in [2.05, 4.69) is 4.74 Å². The molecule has 7 heteroatoms. The van der Waals surface area contributed by atoms with E-state index in [1.807, 2.05) is 62.4 Å². The molecule has 0 aliphatic rings. The van der Waals surface area contributed by atoms with Gasteiger partial charge in [-0.05, 0) is 48.9 Å². The Morgan fingerprint density at radius 1 is 1.07 bits per heavy atom. The number of methoxy groups -OCH3 is 1. The molecular formula is C23H32ClNO5. The average Bonchev–Trinajstić information content (AvgIpc) is 2.73. The minimum atomic E-state index is -0.808. The Morgan fingerprint density at radius 2 is 1.67 bits per heavy atom. The summed E-state index contributed by atoms with van der Waals surface area (Å²) in [7, 11) is 3.15. The van der Waals surface area contributed by atoms with Gasteiger partial charge in [-0.15, -0.1) is 0 Å². The lowest BCUT2D eigenvalue weighted by Gasteiger charge is -2.14. The van der Waals surface area contributed by atoms with Gasteiger partial charge in [0.15, 0.2) is 0 Å². The van der Waals surface area contributed by atoms with E-state index >= 15 is 0 Å². The highest BCUT2D eigenvalue weighted by Gasteiger charge is 2.04. The molecule has 0 aromatic heterocycles. The van der Waals surface area contributed by atoms with Crippen LogP contribution in [0.5, 0.6) is 5.75 Å². The Labute approximate surface area is 184 Å². The number of carboxylic acid groups (broad SMARTS) is 1. The number of benzene rings is 2. The first-order valence-electron chi connectivity index (χ1n) is 9.71. The van der Waals surface area contributed by atoms with Crippen LogP contribution < -0.4 is 4.74 Å². The Balaban J connectivity index is 0.00000105. The number of hydrogen-bond acceptors (Lipinski definition) is 5. The number of rotatable bonds is 8. The van der Waals surface area contributed by atoms with Crippen LogP contribution in [-0.4, -0.2) is 49.2 Å². The van der Waals surface area contributed by atoms with E-state index < -0.39 is 5.97 Å². The van der Waals surface area contributed by atoms with Crippen LogP contribution in [0.1, 0.15) is 31.9 Å². The largest absolute Gasteiger partial charge is 0.489 e. The van der Waals surface area contributed by atoms with Gasteiger partial charge in [-0.25, -0.2) is 0 Å². The number of hydrogen-bond donors (Lipinski definition) is 1. The van der Waals surface area contributed by atoms with Gasteiger partial charge >= 0.3 is 11.9 Å². The molecule has 2 rings (SSSR count). The van der Waals surface area contributed by atoms with Gasteiger partial charge < -0.3 is 14.6 Å². The van der Waals surface area contributed by atoms with Crippen molar-refractivity contribution in [3.63, 3.8) is 0 Å². The quantitative estimate of drug-likeness (QED) is 0.604. The van der Waals surface area contributed by atoms with Gasteiger partial charge in [0, 0.05) is 18.5 Å².